The van der Waals surface area contributed by atoms with Gasteiger partial charge in [-0.3, -0.25) is 0 Å². The second-order valence-electron chi connectivity index (χ2n) is 6.54. The van der Waals surface area contributed by atoms with Crippen LogP contribution >= 0.6 is 0 Å². The fourth-order valence-electron chi connectivity index (χ4n) is 2.41. The van der Waals surface area contributed by atoms with Crippen molar-refractivity contribution in [1.29, 1.82) is 0 Å². The SMILES string of the molecule is CCCNC1CCN(S(=O)(=O)NC(C)(C)C)CC1C. The van der Waals surface area contributed by atoms with Crippen LogP contribution < -0.4 is 10.0 Å². The van der Waals surface area contributed by atoms with E-state index in [1.165, 1.54) is 0 Å². The molecule has 2 unspecified atom stereocenters. The predicted molar refractivity (Wildman–Crippen MR) is 79.2 cm³/mol. The third kappa shape index (κ3) is 5.38. The standard InChI is InChI=1S/C13H29N3O2S/c1-6-8-14-12-7-9-16(10-11(12)2)19(17,18)15-13(3,4)5/h11-12,14-15H,6-10H2,1-5H3. The van der Waals surface area contributed by atoms with Gasteiger partial charge in [-0.1, -0.05) is 13.8 Å². The predicted octanol–water partition coefficient (Wildman–Crippen LogP) is 1.33. The Morgan fingerprint density at radius 1 is 1.32 bits per heavy atom. The van der Waals surface area contributed by atoms with E-state index in [-0.39, 0.29) is 0 Å². The van der Waals surface area contributed by atoms with E-state index in [4.69, 9.17) is 0 Å². The van der Waals surface area contributed by atoms with E-state index >= 15 is 0 Å². The smallest absolute Gasteiger partial charge is 0.279 e. The van der Waals surface area contributed by atoms with Crippen LogP contribution in [0.15, 0.2) is 0 Å². The highest BCUT2D eigenvalue weighted by molar-refractivity contribution is 7.87. The lowest BCUT2D eigenvalue weighted by Gasteiger charge is -2.37. The molecule has 1 aliphatic rings. The largest absolute Gasteiger partial charge is 0.314 e. The summed E-state index contributed by atoms with van der Waals surface area (Å²) in [6.45, 7) is 12.0. The van der Waals surface area contributed by atoms with Crippen molar-refractivity contribution in [1.82, 2.24) is 14.3 Å². The quantitative estimate of drug-likeness (QED) is 0.803. The summed E-state index contributed by atoms with van der Waals surface area (Å²) in [5, 5.41) is 3.50. The van der Waals surface area contributed by atoms with Crippen molar-refractivity contribution in [3.05, 3.63) is 0 Å². The Hall–Kier alpha value is -0.170. The van der Waals surface area contributed by atoms with E-state index in [9.17, 15) is 8.42 Å². The number of nitrogens with one attached hydrogen (secondary N) is 2. The van der Waals surface area contributed by atoms with Crippen molar-refractivity contribution < 1.29 is 8.42 Å². The zero-order valence-electron chi connectivity index (χ0n) is 12.9. The molecule has 0 aliphatic carbocycles. The molecule has 1 saturated heterocycles. The van der Waals surface area contributed by atoms with Crippen LogP contribution in [-0.4, -0.2) is 43.9 Å². The first-order valence-electron chi connectivity index (χ1n) is 7.18. The van der Waals surface area contributed by atoms with Crippen LogP contribution in [0, 0.1) is 5.92 Å². The zero-order valence-corrected chi connectivity index (χ0v) is 13.7. The Kier molecular flexibility index (Phi) is 5.79. The lowest BCUT2D eigenvalue weighted by Crippen LogP contribution is -2.55. The molecule has 1 aliphatic heterocycles. The van der Waals surface area contributed by atoms with Gasteiger partial charge in [0.25, 0.3) is 10.2 Å². The van der Waals surface area contributed by atoms with Crippen molar-refractivity contribution in [3.63, 3.8) is 0 Å². The average Bonchev–Trinajstić information content (AvgIpc) is 2.24. The number of rotatable bonds is 5. The monoisotopic (exact) mass is 291 g/mol. The van der Waals surface area contributed by atoms with Gasteiger partial charge in [-0.05, 0) is 46.1 Å². The Morgan fingerprint density at radius 2 is 1.95 bits per heavy atom. The summed E-state index contributed by atoms with van der Waals surface area (Å²) in [6, 6.07) is 0.432. The molecule has 0 aromatic heterocycles. The first-order valence-corrected chi connectivity index (χ1v) is 8.62. The number of hydrogen-bond acceptors (Lipinski definition) is 3. The van der Waals surface area contributed by atoms with E-state index < -0.39 is 15.7 Å². The molecule has 0 radical (unpaired) electrons. The highest BCUT2D eigenvalue weighted by Crippen LogP contribution is 2.20. The summed E-state index contributed by atoms with van der Waals surface area (Å²) in [5.41, 5.74) is -0.431. The number of hydrogen-bond donors (Lipinski definition) is 2. The van der Waals surface area contributed by atoms with Gasteiger partial charge in [-0.2, -0.15) is 17.4 Å². The van der Waals surface area contributed by atoms with E-state index in [1.807, 2.05) is 20.8 Å². The fourth-order valence-corrected chi connectivity index (χ4v) is 4.09. The van der Waals surface area contributed by atoms with Gasteiger partial charge < -0.3 is 5.32 Å². The van der Waals surface area contributed by atoms with E-state index in [0.717, 1.165) is 19.4 Å². The van der Waals surface area contributed by atoms with Crippen molar-refractivity contribution in [2.24, 2.45) is 5.92 Å². The van der Waals surface area contributed by atoms with Gasteiger partial charge >= 0.3 is 0 Å². The van der Waals surface area contributed by atoms with Crippen molar-refractivity contribution in [2.75, 3.05) is 19.6 Å². The average molecular weight is 291 g/mol. The lowest BCUT2D eigenvalue weighted by atomic mass is 9.95. The normalized spacial score (nSPS) is 26.6. The molecule has 0 spiro atoms. The van der Waals surface area contributed by atoms with Gasteiger partial charge in [0, 0.05) is 24.7 Å². The molecule has 1 rings (SSSR count). The summed E-state index contributed by atoms with van der Waals surface area (Å²) in [4.78, 5) is 0. The second kappa shape index (κ2) is 6.52. The van der Waals surface area contributed by atoms with Crippen LogP contribution in [-0.2, 0) is 10.2 Å². The van der Waals surface area contributed by atoms with Crippen LogP contribution in [0.4, 0.5) is 0 Å². The van der Waals surface area contributed by atoms with Gasteiger partial charge in [0.2, 0.25) is 0 Å². The third-order valence-electron chi connectivity index (χ3n) is 3.30. The summed E-state index contributed by atoms with van der Waals surface area (Å²) in [6.07, 6.45) is 1.99. The summed E-state index contributed by atoms with van der Waals surface area (Å²) in [5.74, 6) is 0.344. The number of piperidine rings is 1. The molecule has 0 aromatic rings. The van der Waals surface area contributed by atoms with Gasteiger partial charge in [-0.15, -0.1) is 0 Å². The molecular weight excluding hydrogens is 262 g/mol. The molecule has 0 bridgehead atoms. The van der Waals surface area contributed by atoms with Crippen LogP contribution in [0.25, 0.3) is 0 Å². The summed E-state index contributed by atoms with van der Waals surface area (Å²) < 4.78 is 28.8. The molecule has 5 nitrogen and oxygen atoms in total. The maximum absolute atomic E-state index is 12.3. The van der Waals surface area contributed by atoms with Gasteiger partial charge in [0.05, 0.1) is 0 Å². The molecule has 6 heteroatoms. The lowest BCUT2D eigenvalue weighted by molar-refractivity contribution is 0.217. The highest BCUT2D eigenvalue weighted by Gasteiger charge is 2.33. The summed E-state index contributed by atoms with van der Waals surface area (Å²) >= 11 is 0. The zero-order chi connectivity index (χ0) is 14.7. The van der Waals surface area contributed by atoms with Gasteiger partial charge in [0.1, 0.15) is 0 Å². The van der Waals surface area contributed by atoms with Crippen LogP contribution in [0.3, 0.4) is 0 Å². The molecule has 1 fully saturated rings. The molecule has 2 atom stereocenters. The van der Waals surface area contributed by atoms with Crippen molar-refractivity contribution in [2.45, 2.75) is 59.0 Å². The number of nitrogens with zero attached hydrogens (tertiary/aromatic N) is 1. The first kappa shape index (κ1) is 16.9. The van der Waals surface area contributed by atoms with Gasteiger partial charge in [0.15, 0.2) is 0 Å². The molecular formula is C13H29N3O2S. The van der Waals surface area contributed by atoms with Crippen molar-refractivity contribution in [3.8, 4) is 0 Å². The highest BCUT2D eigenvalue weighted by atomic mass is 32.2. The second-order valence-corrected chi connectivity index (χ2v) is 8.21. The Bertz CT molecular complexity index is 376. The first-order chi connectivity index (χ1) is 8.65. The fraction of sp³-hybridized carbons (Fsp3) is 1.00. The van der Waals surface area contributed by atoms with Gasteiger partial charge in [-0.25, -0.2) is 0 Å². The molecule has 1 heterocycles. The summed E-state index contributed by atoms with van der Waals surface area (Å²) in [7, 11) is -3.36. The Labute approximate surface area is 118 Å². The van der Waals surface area contributed by atoms with Crippen LogP contribution in [0.2, 0.25) is 0 Å². The minimum Gasteiger partial charge on any atom is -0.314 e. The topological polar surface area (TPSA) is 61.4 Å². The Morgan fingerprint density at radius 3 is 2.42 bits per heavy atom. The molecule has 0 aromatic carbocycles. The molecule has 19 heavy (non-hydrogen) atoms. The minimum atomic E-state index is -3.36. The molecule has 0 saturated carbocycles. The van der Waals surface area contributed by atoms with Crippen LogP contribution in [0.1, 0.15) is 47.5 Å². The minimum absolute atomic E-state index is 0.344. The third-order valence-corrected chi connectivity index (χ3v) is 5.18. The maximum atomic E-state index is 12.3. The van der Waals surface area contributed by atoms with Crippen LogP contribution in [0.5, 0.6) is 0 Å². The van der Waals surface area contributed by atoms with E-state index in [0.29, 0.717) is 25.0 Å². The van der Waals surface area contributed by atoms with Crippen molar-refractivity contribution >= 4 is 10.2 Å². The van der Waals surface area contributed by atoms with E-state index in [2.05, 4.69) is 23.9 Å². The molecule has 2 N–H and O–H groups in total. The van der Waals surface area contributed by atoms with E-state index in [1.54, 1.807) is 4.31 Å². The Balaban J connectivity index is 2.60. The molecule has 114 valence electrons. The maximum Gasteiger partial charge on any atom is 0.279 e. The molecule has 0 amide bonds.